The molecule has 1 aliphatic rings. The van der Waals surface area contributed by atoms with Gasteiger partial charge in [-0.1, -0.05) is 24.3 Å². The third kappa shape index (κ3) is 1.35. The Kier molecular flexibility index (Phi) is 1.95. The molecule has 0 unspecified atom stereocenters. The third-order valence-electron chi connectivity index (χ3n) is 3.84. The molecule has 0 saturated heterocycles. The van der Waals surface area contributed by atoms with Crippen LogP contribution in [0.15, 0.2) is 40.8 Å². The van der Waals surface area contributed by atoms with Crippen molar-refractivity contribution in [2.45, 2.75) is 18.8 Å². The molecule has 2 heteroatoms. The lowest BCUT2D eigenvalue weighted by atomic mass is 10.1. The van der Waals surface area contributed by atoms with Crippen molar-refractivity contribution in [2.24, 2.45) is 0 Å². The van der Waals surface area contributed by atoms with Crippen LogP contribution >= 0.6 is 0 Å². The standard InChI is InChI=1S/C16H15NO/c1-17-14-4-2-3-13-12-8-7-11(10-5-6-10)9-15(12)18-16(13)14/h2-4,7-10,17H,5-6H2,1H3. The highest BCUT2D eigenvalue weighted by molar-refractivity contribution is 6.08. The van der Waals surface area contributed by atoms with E-state index >= 15 is 0 Å². The van der Waals surface area contributed by atoms with E-state index in [1.807, 2.05) is 13.1 Å². The van der Waals surface area contributed by atoms with Crippen molar-refractivity contribution in [1.82, 2.24) is 0 Å². The molecule has 4 rings (SSSR count). The van der Waals surface area contributed by atoms with Gasteiger partial charge in [-0.2, -0.15) is 0 Å². The summed E-state index contributed by atoms with van der Waals surface area (Å²) < 4.78 is 6.03. The van der Waals surface area contributed by atoms with Crippen LogP contribution in [-0.2, 0) is 0 Å². The number of hydrogen-bond acceptors (Lipinski definition) is 2. The minimum absolute atomic E-state index is 0.770. The summed E-state index contributed by atoms with van der Waals surface area (Å²) in [5, 5.41) is 5.59. The molecule has 2 nitrogen and oxygen atoms in total. The second-order valence-corrected chi connectivity index (χ2v) is 5.06. The minimum Gasteiger partial charge on any atom is -0.454 e. The summed E-state index contributed by atoms with van der Waals surface area (Å²) in [5.74, 6) is 0.770. The van der Waals surface area contributed by atoms with Crippen LogP contribution in [0.4, 0.5) is 5.69 Å². The van der Waals surface area contributed by atoms with E-state index in [4.69, 9.17) is 4.42 Å². The average Bonchev–Trinajstić information content (AvgIpc) is 3.18. The van der Waals surface area contributed by atoms with E-state index in [0.29, 0.717) is 0 Å². The molecule has 0 amide bonds. The van der Waals surface area contributed by atoms with Gasteiger partial charge >= 0.3 is 0 Å². The molecule has 1 heterocycles. The fourth-order valence-corrected chi connectivity index (χ4v) is 2.68. The van der Waals surface area contributed by atoms with Gasteiger partial charge in [0, 0.05) is 17.8 Å². The lowest BCUT2D eigenvalue weighted by Gasteiger charge is -1.98. The van der Waals surface area contributed by atoms with Crippen molar-refractivity contribution in [1.29, 1.82) is 0 Å². The molecule has 3 aromatic rings. The Morgan fingerprint density at radius 2 is 2.00 bits per heavy atom. The van der Waals surface area contributed by atoms with E-state index in [1.54, 1.807) is 0 Å². The van der Waals surface area contributed by atoms with Gasteiger partial charge in [0.2, 0.25) is 0 Å². The molecule has 1 aromatic heterocycles. The summed E-state index contributed by atoms with van der Waals surface area (Å²) >= 11 is 0. The van der Waals surface area contributed by atoms with Crippen molar-refractivity contribution in [3.05, 3.63) is 42.0 Å². The molecule has 0 atom stereocenters. The van der Waals surface area contributed by atoms with Crippen molar-refractivity contribution in [3.63, 3.8) is 0 Å². The van der Waals surface area contributed by atoms with Gasteiger partial charge in [-0.3, -0.25) is 0 Å². The summed E-state index contributed by atoms with van der Waals surface area (Å²) in [7, 11) is 1.93. The maximum absolute atomic E-state index is 6.03. The molecule has 0 spiro atoms. The van der Waals surface area contributed by atoms with Gasteiger partial charge in [-0.25, -0.2) is 0 Å². The number of hydrogen-bond donors (Lipinski definition) is 1. The number of para-hydroxylation sites is 1. The Balaban J connectivity index is 2.04. The highest BCUT2D eigenvalue weighted by Crippen LogP contribution is 2.42. The van der Waals surface area contributed by atoms with Crippen LogP contribution in [0, 0.1) is 0 Å². The smallest absolute Gasteiger partial charge is 0.158 e. The SMILES string of the molecule is CNc1cccc2c1oc1cc(C3CC3)ccc12. The Morgan fingerprint density at radius 3 is 2.78 bits per heavy atom. The maximum Gasteiger partial charge on any atom is 0.158 e. The highest BCUT2D eigenvalue weighted by Gasteiger charge is 2.24. The van der Waals surface area contributed by atoms with Crippen LogP contribution in [0.5, 0.6) is 0 Å². The lowest BCUT2D eigenvalue weighted by Crippen LogP contribution is -1.86. The normalized spacial score (nSPS) is 15.4. The second kappa shape index (κ2) is 3.52. The lowest BCUT2D eigenvalue weighted by molar-refractivity contribution is 0.669. The topological polar surface area (TPSA) is 25.2 Å². The minimum atomic E-state index is 0.770. The summed E-state index contributed by atoms with van der Waals surface area (Å²) in [5.41, 5.74) is 4.45. The van der Waals surface area contributed by atoms with Crippen LogP contribution in [-0.4, -0.2) is 7.05 Å². The predicted molar refractivity (Wildman–Crippen MR) is 75.2 cm³/mol. The van der Waals surface area contributed by atoms with Crippen molar-refractivity contribution in [2.75, 3.05) is 12.4 Å². The molecule has 0 aliphatic heterocycles. The van der Waals surface area contributed by atoms with Gasteiger partial charge in [0.25, 0.3) is 0 Å². The molecular weight excluding hydrogens is 222 g/mol. The van der Waals surface area contributed by atoms with Crippen molar-refractivity contribution < 1.29 is 4.42 Å². The van der Waals surface area contributed by atoms with Crippen molar-refractivity contribution >= 4 is 27.6 Å². The predicted octanol–water partition coefficient (Wildman–Crippen LogP) is 4.51. The first-order valence-corrected chi connectivity index (χ1v) is 6.50. The number of nitrogens with one attached hydrogen (secondary N) is 1. The number of anilines is 1. The Labute approximate surface area is 106 Å². The highest BCUT2D eigenvalue weighted by atomic mass is 16.3. The summed E-state index contributed by atoms with van der Waals surface area (Å²) in [6.07, 6.45) is 2.65. The van der Waals surface area contributed by atoms with E-state index in [0.717, 1.165) is 22.8 Å². The number of rotatable bonds is 2. The first-order valence-electron chi connectivity index (χ1n) is 6.50. The molecule has 90 valence electrons. The van der Waals surface area contributed by atoms with E-state index in [1.165, 1.54) is 29.2 Å². The van der Waals surface area contributed by atoms with E-state index < -0.39 is 0 Å². The molecule has 0 radical (unpaired) electrons. The van der Waals surface area contributed by atoms with Gasteiger partial charge in [0.05, 0.1) is 5.69 Å². The van der Waals surface area contributed by atoms with E-state index in [9.17, 15) is 0 Å². The summed E-state index contributed by atoms with van der Waals surface area (Å²) in [6.45, 7) is 0. The van der Waals surface area contributed by atoms with Crippen LogP contribution in [0.1, 0.15) is 24.3 Å². The molecule has 1 aliphatic carbocycles. The fourth-order valence-electron chi connectivity index (χ4n) is 2.68. The fraction of sp³-hybridized carbons (Fsp3) is 0.250. The Hall–Kier alpha value is -1.96. The van der Waals surface area contributed by atoms with Crippen LogP contribution in [0.2, 0.25) is 0 Å². The van der Waals surface area contributed by atoms with Crippen LogP contribution in [0.3, 0.4) is 0 Å². The summed E-state index contributed by atoms with van der Waals surface area (Å²) in [4.78, 5) is 0. The van der Waals surface area contributed by atoms with Gasteiger partial charge in [-0.05, 0) is 36.5 Å². The monoisotopic (exact) mass is 237 g/mol. The first-order chi connectivity index (χ1) is 8.86. The number of fused-ring (bicyclic) bond motifs is 3. The van der Waals surface area contributed by atoms with Gasteiger partial charge in [0.15, 0.2) is 5.58 Å². The zero-order valence-corrected chi connectivity index (χ0v) is 10.4. The molecule has 1 fully saturated rings. The van der Waals surface area contributed by atoms with Gasteiger partial charge in [0.1, 0.15) is 5.58 Å². The van der Waals surface area contributed by atoms with E-state index in [-0.39, 0.29) is 0 Å². The van der Waals surface area contributed by atoms with Crippen LogP contribution < -0.4 is 5.32 Å². The van der Waals surface area contributed by atoms with Crippen LogP contribution in [0.25, 0.3) is 21.9 Å². The molecular formula is C16H15NO. The van der Waals surface area contributed by atoms with Gasteiger partial charge in [-0.15, -0.1) is 0 Å². The van der Waals surface area contributed by atoms with E-state index in [2.05, 4.69) is 35.6 Å². The summed E-state index contributed by atoms with van der Waals surface area (Å²) in [6, 6.07) is 12.9. The largest absolute Gasteiger partial charge is 0.454 e. The molecule has 2 aromatic carbocycles. The average molecular weight is 237 g/mol. The zero-order chi connectivity index (χ0) is 12.1. The number of benzene rings is 2. The number of furan rings is 1. The Morgan fingerprint density at radius 1 is 1.11 bits per heavy atom. The molecule has 18 heavy (non-hydrogen) atoms. The molecule has 1 saturated carbocycles. The first kappa shape index (κ1) is 10.0. The van der Waals surface area contributed by atoms with Gasteiger partial charge < -0.3 is 9.73 Å². The molecule has 0 bridgehead atoms. The molecule has 1 N–H and O–H groups in total. The second-order valence-electron chi connectivity index (χ2n) is 5.06. The maximum atomic E-state index is 6.03. The quantitative estimate of drug-likeness (QED) is 0.709. The third-order valence-corrected chi connectivity index (χ3v) is 3.84. The zero-order valence-electron chi connectivity index (χ0n) is 10.4. The van der Waals surface area contributed by atoms with Crippen molar-refractivity contribution in [3.8, 4) is 0 Å². The Bertz CT molecular complexity index is 737.